The molecule has 2 atom stereocenters. The summed E-state index contributed by atoms with van der Waals surface area (Å²) < 4.78 is 15.8. The molecule has 1 aromatic rings. The van der Waals surface area contributed by atoms with Crippen LogP contribution in [0, 0.1) is 11.8 Å². The molecule has 0 amide bonds. The Labute approximate surface area is 151 Å². The Hall–Kier alpha value is -1.78. The fourth-order valence-corrected chi connectivity index (χ4v) is 2.41. The molecule has 0 N–H and O–H groups in total. The van der Waals surface area contributed by atoms with Crippen molar-refractivity contribution in [3.63, 3.8) is 0 Å². The third-order valence-electron chi connectivity index (χ3n) is 4.11. The van der Waals surface area contributed by atoms with Crippen molar-refractivity contribution >= 4 is 11.9 Å². The van der Waals surface area contributed by atoms with Crippen molar-refractivity contribution in [1.29, 1.82) is 0 Å². The molecule has 0 saturated heterocycles. The van der Waals surface area contributed by atoms with E-state index in [2.05, 4.69) is 13.8 Å². The summed E-state index contributed by atoms with van der Waals surface area (Å²) in [6.07, 6.45) is 6.53. The first-order valence-electron chi connectivity index (χ1n) is 9.41. The number of furan rings is 1. The minimum atomic E-state index is -0.543. The highest BCUT2D eigenvalue weighted by Crippen LogP contribution is 2.14. The second kappa shape index (κ2) is 11.7. The van der Waals surface area contributed by atoms with Gasteiger partial charge < -0.3 is 13.9 Å². The van der Waals surface area contributed by atoms with Crippen LogP contribution in [0.4, 0.5) is 0 Å². The van der Waals surface area contributed by atoms with Crippen LogP contribution in [0.1, 0.15) is 87.3 Å². The molecule has 0 fully saturated rings. The highest BCUT2D eigenvalue weighted by atomic mass is 16.6. The van der Waals surface area contributed by atoms with Crippen LogP contribution in [0.2, 0.25) is 0 Å². The molecule has 25 heavy (non-hydrogen) atoms. The topological polar surface area (TPSA) is 65.7 Å². The zero-order chi connectivity index (χ0) is 18.7. The van der Waals surface area contributed by atoms with Crippen LogP contribution in [-0.2, 0) is 9.47 Å². The second-order valence-electron chi connectivity index (χ2n) is 6.86. The fourth-order valence-electron chi connectivity index (χ4n) is 2.41. The minimum absolute atomic E-state index is 0.0358. The highest BCUT2D eigenvalue weighted by Gasteiger charge is 2.19. The lowest BCUT2D eigenvalue weighted by atomic mass is 10.1. The van der Waals surface area contributed by atoms with Crippen LogP contribution in [0.3, 0.4) is 0 Å². The number of esters is 2. The number of carbonyl (C=O) groups excluding carboxylic acids is 2. The largest absolute Gasteiger partial charge is 0.460 e. The van der Waals surface area contributed by atoms with Crippen molar-refractivity contribution in [1.82, 2.24) is 0 Å². The van der Waals surface area contributed by atoms with Gasteiger partial charge in [0.05, 0.1) is 13.2 Å². The minimum Gasteiger partial charge on any atom is -0.460 e. The van der Waals surface area contributed by atoms with E-state index in [1.807, 2.05) is 13.8 Å². The van der Waals surface area contributed by atoms with E-state index in [1.165, 1.54) is 12.1 Å². The Morgan fingerprint density at radius 2 is 1.28 bits per heavy atom. The van der Waals surface area contributed by atoms with E-state index >= 15 is 0 Å². The van der Waals surface area contributed by atoms with Gasteiger partial charge in [-0.1, -0.05) is 53.4 Å². The van der Waals surface area contributed by atoms with Crippen molar-refractivity contribution in [2.45, 2.75) is 66.2 Å². The van der Waals surface area contributed by atoms with E-state index < -0.39 is 11.9 Å². The number of ether oxygens (including phenoxy) is 2. The van der Waals surface area contributed by atoms with Gasteiger partial charge in [0, 0.05) is 0 Å². The van der Waals surface area contributed by atoms with Crippen molar-refractivity contribution in [2.24, 2.45) is 11.8 Å². The summed E-state index contributed by atoms with van der Waals surface area (Å²) in [5.41, 5.74) is 0. The van der Waals surface area contributed by atoms with Gasteiger partial charge in [0.2, 0.25) is 11.5 Å². The summed E-state index contributed by atoms with van der Waals surface area (Å²) in [5, 5.41) is 0. The molecule has 5 nitrogen and oxygen atoms in total. The molecular formula is C20H32O5. The number of hydrogen-bond donors (Lipinski definition) is 0. The van der Waals surface area contributed by atoms with Crippen molar-refractivity contribution < 1.29 is 23.5 Å². The van der Waals surface area contributed by atoms with Gasteiger partial charge in [-0.3, -0.25) is 0 Å². The number of hydrogen-bond acceptors (Lipinski definition) is 5. The lowest BCUT2D eigenvalue weighted by Gasteiger charge is -2.11. The monoisotopic (exact) mass is 352 g/mol. The van der Waals surface area contributed by atoms with Crippen LogP contribution < -0.4 is 0 Å². The molecule has 142 valence electrons. The molecule has 0 aliphatic carbocycles. The Morgan fingerprint density at radius 3 is 1.64 bits per heavy atom. The van der Waals surface area contributed by atoms with Crippen molar-refractivity contribution in [2.75, 3.05) is 13.2 Å². The summed E-state index contributed by atoms with van der Waals surface area (Å²) in [6, 6.07) is 2.91. The second-order valence-corrected chi connectivity index (χ2v) is 6.86. The molecule has 0 radical (unpaired) electrons. The smallest absolute Gasteiger partial charge is 0.374 e. The molecule has 0 spiro atoms. The molecular weight excluding hydrogens is 320 g/mol. The Morgan fingerprint density at radius 1 is 0.880 bits per heavy atom. The standard InChI is InChI=1S/C20H32O5/c1-5-7-9-15(3)13-23-19(21)17-11-12-18(25-17)20(22)24-14-16(4)10-8-6-2/h11-12,15-16H,5-10,13-14H2,1-4H3. The van der Waals surface area contributed by atoms with Crippen molar-refractivity contribution in [3.8, 4) is 0 Å². The van der Waals surface area contributed by atoms with E-state index in [4.69, 9.17) is 13.9 Å². The summed E-state index contributed by atoms with van der Waals surface area (Å²) in [4.78, 5) is 24.0. The van der Waals surface area contributed by atoms with Crippen LogP contribution in [0.15, 0.2) is 16.5 Å². The summed E-state index contributed by atoms with van der Waals surface area (Å²) in [6.45, 7) is 9.07. The number of carbonyl (C=O) groups is 2. The van der Waals surface area contributed by atoms with Gasteiger partial charge in [0.1, 0.15) is 0 Å². The molecule has 5 heteroatoms. The van der Waals surface area contributed by atoms with E-state index in [0.29, 0.717) is 25.0 Å². The maximum atomic E-state index is 12.0. The van der Waals surface area contributed by atoms with Gasteiger partial charge in [-0.2, -0.15) is 0 Å². The predicted octanol–water partition coefficient (Wildman–Crippen LogP) is 5.25. The number of unbranched alkanes of at least 4 members (excludes halogenated alkanes) is 2. The summed E-state index contributed by atoms with van der Waals surface area (Å²) >= 11 is 0. The lowest BCUT2D eigenvalue weighted by molar-refractivity contribution is 0.0372. The summed E-state index contributed by atoms with van der Waals surface area (Å²) in [5.74, 6) is -0.388. The molecule has 0 aliphatic heterocycles. The first-order valence-corrected chi connectivity index (χ1v) is 9.41. The Balaban J connectivity index is 2.41. The first kappa shape index (κ1) is 21.3. The third-order valence-corrected chi connectivity index (χ3v) is 4.11. The van der Waals surface area contributed by atoms with E-state index in [1.54, 1.807) is 0 Å². The fraction of sp³-hybridized carbons (Fsp3) is 0.700. The van der Waals surface area contributed by atoms with Gasteiger partial charge in [-0.15, -0.1) is 0 Å². The van der Waals surface area contributed by atoms with Gasteiger partial charge in [0.25, 0.3) is 0 Å². The van der Waals surface area contributed by atoms with Gasteiger partial charge in [-0.05, 0) is 36.8 Å². The third kappa shape index (κ3) is 8.23. The molecule has 0 saturated carbocycles. The summed E-state index contributed by atoms with van der Waals surface area (Å²) in [7, 11) is 0. The van der Waals surface area contributed by atoms with Crippen molar-refractivity contribution in [3.05, 3.63) is 23.7 Å². The normalized spacial score (nSPS) is 13.3. The average molecular weight is 352 g/mol. The maximum Gasteiger partial charge on any atom is 0.374 e. The molecule has 0 aromatic carbocycles. The quantitative estimate of drug-likeness (QED) is 0.481. The Kier molecular flexibility index (Phi) is 9.97. The van der Waals surface area contributed by atoms with Crippen LogP contribution in [0.25, 0.3) is 0 Å². The van der Waals surface area contributed by atoms with E-state index in [-0.39, 0.29) is 11.5 Å². The zero-order valence-corrected chi connectivity index (χ0v) is 16.0. The maximum absolute atomic E-state index is 12.0. The first-order chi connectivity index (χ1) is 12.0. The Bertz CT molecular complexity index is 475. The van der Waals surface area contributed by atoms with Gasteiger partial charge in [0.15, 0.2) is 0 Å². The highest BCUT2D eigenvalue weighted by molar-refractivity contribution is 5.90. The van der Waals surface area contributed by atoms with E-state index in [0.717, 1.165) is 38.5 Å². The predicted molar refractivity (Wildman–Crippen MR) is 96.7 cm³/mol. The van der Waals surface area contributed by atoms with Crippen LogP contribution in [-0.4, -0.2) is 25.2 Å². The van der Waals surface area contributed by atoms with Crippen LogP contribution >= 0.6 is 0 Å². The van der Waals surface area contributed by atoms with E-state index in [9.17, 15) is 9.59 Å². The zero-order valence-electron chi connectivity index (χ0n) is 16.0. The van der Waals surface area contributed by atoms with Gasteiger partial charge in [-0.25, -0.2) is 9.59 Å². The number of rotatable bonds is 12. The van der Waals surface area contributed by atoms with Gasteiger partial charge >= 0.3 is 11.9 Å². The lowest BCUT2D eigenvalue weighted by Crippen LogP contribution is -2.12. The average Bonchev–Trinajstić information content (AvgIpc) is 3.10. The molecule has 1 heterocycles. The molecule has 1 rings (SSSR count). The molecule has 1 aromatic heterocycles. The molecule has 2 unspecified atom stereocenters. The molecule has 0 aliphatic rings. The molecule has 0 bridgehead atoms. The SMILES string of the molecule is CCCCC(C)COC(=O)c1ccc(C(=O)OCC(C)CCCC)o1. The van der Waals surface area contributed by atoms with Crippen LogP contribution in [0.5, 0.6) is 0 Å².